The number of nitrogens with one attached hydrogen (secondary N) is 1. The zero-order valence-corrected chi connectivity index (χ0v) is 12.8. The maximum Gasteiger partial charge on any atom is 0.303 e. The predicted molar refractivity (Wildman–Crippen MR) is 83.3 cm³/mol. The molecule has 1 aromatic heterocycles. The van der Waals surface area contributed by atoms with Crippen LogP contribution in [0, 0.1) is 6.92 Å². The number of benzene rings is 1. The highest BCUT2D eigenvalue weighted by molar-refractivity contribution is 5.96. The van der Waals surface area contributed by atoms with Gasteiger partial charge < -0.3 is 10.1 Å². The molecule has 5 heteroatoms. The van der Waals surface area contributed by atoms with Crippen molar-refractivity contribution in [2.45, 2.75) is 20.5 Å². The Morgan fingerprint density at radius 1 is 1.18 bits per heavy atom. The topological polar surface area (TPSA) is 68.3 Å². The third-order valence-corrected chi connectivity index (χ3v) is 3.27. The van der Waals surface area contributed by atoms with Gasteiger partial charge in [0.05, 0.1) is 5.69 Å². The molecule has 0 saturated heterocycles. The molecule has 22 heavy (non-hydrogen) atoms. The van der Waals surface area contributed by atoms with Crippen LogP contribution in [0.25, 0.3) is 11.1 Å². The van der Waals surface area contributed by atoms with E-state index in [2.05, 4.69) is 10.3 Å². The van der Waals surface area contributed by atoms with E-state index in [1.165, 1.54) is 6.92 Å². The summed E-state index contributed by atoms with van der Waals surface area (Å²) >= 11 is 0. The van der Waals surface area contributed by atoms with E-state index in [0.29, 0.717) is 11.3 Å². The van der Waals surface area contributed by atoms with Crippen molar-refractivity contribution in [3.8, 4) is 11.1 Å². The van der Waals surface area contributed by atoms with Crippen LogP contribution in [0.15, 0.2) is 36.5 Å². The van der Waals surface area contributed by atoms with Gasteiger partial charge in [-0.1, -0.05) is 12.1 Å². The fourth-order valence-electron chi connectivity index (χ4n) is 2.14. The SMILES string of the molecule is CNC(=O)c1ccc(-c2ccnc(COC(C)=O)c2)cc1C. The van der Waals surface area contributed by atoms with Crippen molar-refractivity contribution < 1.29 is 14.3 Å². The molecule has 2 rings (SSSR count). The second-order valence-corrected chi connectivity index (χ2v) is 4.92. The standard InChI is InChI=1S/C17H18N2O3/c1-11-8-13(4-5-16(11)17(21)18-3)14-6-7-19-15(9-14)10-22-12(2)20/h4-9H,10H2,1-3H3,(H,18,21). The average Bonchev–Trinajstić information content (AvgIpc) is 2.52. The third-order valence-electron chi connectivity index (χ3n) is 3.27. The largest absolute Gasteiger partial charge is 0.459 e. The average molecular weight is 298 g/mol. The molecule has 0 atom stereocenters. The summed E-state index contributed by atoms with van der Waals surface area (Å²) in [6.45, 7) is 3.41. The van der Waals surface area contributed by atoms with Crippen molar-refractivity contribution in [3.05, 3.63) is 53.3 Å². The molecule has 1 N–H and O–H groups in total. The second kappa shape index (κ2) is 6.85. The molecule has 0 aliphatic rings. The summed E-state index contributed by atoms with van der Waals surface area (Å²) in [4.78, 5) is 26.8. The highest BCUT2D eigenvalue weighted by Gasteiger charge is 2.09. The number of aromatic nitrogens is 1. The number of carbonyl (C=O) groups is 2. The van der Waals surface area contributed by atoms with Crippen molar-refractivity contribution in [2.24, 2.45) is 0 Å². The first-order valence-corrected chi connectivity index (χ1v) is 6.92. The van der Waals surface area contributed by atoms with E-state index in [9.17, 15) is 9.59 Å². The minimum atomic E-state index is -0.335. The molecule has 1 aromatic carbocycles. The number of esters is 1. The van der Waals surface area contributed by atoms with Crippen LogP contribution in [0.3, 0.4) is 0 Å². The monoisotopic (exact) mass is 298 g/mol. The quantitative estimate of drug-likeness (QED) is 0.881. The van der Waals surface area contributed by atoms with E-state index in [-0.39, 0.29) is 18.5 Å². The van der Waals surface area contributed by atoms with Crippen molar-refractivity contribution >= 4 is 11.9 Å². The molecule has 0 aliphatic heterocycles. The van der Waals surface area contributed by atoms with Gasteiger partial charge in [0.25, 0.3) is 5.91 Å². The van der Waals surface area contributed by atoms with E-state index < -0.39 is 0 Å². The normalized spacial score (nSPS) is 10.1. The molecule has 0 bridgehead atoms. The van der Waals surface area contributed by atoms with Gasteiger partial charge in [-0.25, -0.2) is 0 Å². The Morgan fingerprint density at radius 2 is 1.91 bits per heavy atom. The van der Waals surface area contributed by atoms with E-state index in [4.69, 9.17) is 4.74 Å². The maximum atomic E-state index is 11.7. The summed E-state index contributed by atoms with van der Waals surface area (Å²) in [6.07, 6.45) is 1.68. The van der Waals surface area contributed by atoms with Gasteiger partial charge in [0.2, 0.25) is 0 Å². The minimum Gasteiger partial charge on any atom is -0.459 e. The van der Waals surface area contributed by atoms with Crippen LogP contribution >= 0.6 is 0 Å². The second-order valence-electron chi connectivity index (χ2n) is 4.92. The maximum absolute atomic E-state index is 11.7. The smallest absolute Gasteiger partial charge is 0.303 e. The molecule has 1 amide bonds. The molecular formula is C17H18N2O3. The number of rotatable bonds is 4. The lowest BCUT2D eigenvalue weighted by molar-refractivity contribution is -0.142. The fraction of sp³-hybridized carbons (Fsp3) is 0.235. The number of amides is 1. The van der Waals surface area contributed by atoms with Crippen molar-refractivity contribution in [1.29, 1.82) is 0 Å². The van der Waals surface area contributed by atoms with Gasteiger partial charge in [0.1, 0.15) is 6.61 Å². The summed E-state index contributed by atoms with van der Waals surface area (Å²) < 4.78 is 4.95. The van der Waals surface area contributed by atoms with Crippen LogP contribution < -0.4 is 5.32 Å². The molecule has 5 nitrogen and oxygen atoms in total. The highest BCUT2D eigenvalue weighted by atomic mass is 16.5. The Morgan fingerprint density at radius 3 is 2.55 bits per heavy atom. The lowest BCUT2D eigenvalue weighted by Crippen LogP contribution is -2.18. The molecule has 0 radical (unpaired) electrons. The number of aryl methyl sites for hydroxylation is 1. The number of hydrogen-bond donors (Lipinski definition) is 1. The van der Waals surface area contributed by atoms with Crippen LogP contribution in [0.2, 0.25) is 0 Å². The van der Waals surface area contributed by atoms with Crippen LogP contribution in [0.4, 0.5) is 0 Å². The summed E-state index contributed by atoms with van der Waals surface area (Å²) in [6, 6.07) is 9.40. The summed E-state index contributed by atoms with van der Waals surface area (Å²) in [5.74, 6) is -0.438. The van der Waals surface area contributed by atoms with E-state index in [0.717, 1.165) is 16.7 Å². The van der Waals surface area contributed by atoms with Crippen LogP contribution in [-0.2, 0) is 16.1 Å². The Balaban J connectivity index is 2.28. The van der Waals surface area contributed by atoms with E-state index >= 15 is 0 Å². The molecule has 0 saturated carbocycles. The van der Waals surface area contributed by atoms with Gasteiger partial charge in [-0.2, -0.15) is 0 Å². The van der Waals surface area contributed by atoms with E-state index in [1.807, 2.05) is 31.2 Å². The lowest BCUT2D eigenvalue weighted by Gasteiger charge is -2.09. The summed E-state index contributed by atoms with van der Waals surface area (Å²) in [5, 5.41) is 2.62. The number of carbonyl (C=O) groups excluding carboxylic acids is 2. The van der Waals surface area contributed by atoms with Gasteiger partial charge in [-0.05, 0) is 41.8 Å². The van der Waals surface area contributed by atoms with Crippen molar-refractivity contribution in [1.82, 2.24) is 10.3 Å². The molecule has 0 aliphatic carbocycles. The fourth-order valence-corrected chi connectivity index (χ4v) is 2.14. The number of ether oxygens (including phenoxy) is 1. The number of hydrogen-bond acceptors (Lipinski definition) is 4. The first kappa shape index (κ1) is 15.7. The Hall–Kier alpha value is -2.69. The predicted octanol–water partition coefficient (Wildman–Crippen LogP) is 2.48. The molecule has 0 fully saturated rings. The minimum absolute atomic E-state index is 0.102. The van der Waals surface area contributed by atoms with Crippen molar-refractivity contribution in [3.63, 3.8) is 0 Å². The molecule has 114 valence electrons. The molecule has 0 spiro atoms. The summed E-state index contributed by atoms with van der Waals surface area (Å²) in [5.41, 5.74) is 4.18. The van der Waals surface area contributed by atoms with Crippen LogP contribution in [0.1, 0.15) is 28.5 Å². The molecule has 0 unspecified atom stereocenters. The molecule has 2 aromatic rings. The van der Waals surface area contributed by atoms with Crippen LogP contribution in [0.5, 0.6) is 0 Å². The number of pyridine rings is 1. The third kappa shape index (κ3) is 3.69. The van der Waals surface area contributed by atoms with Gasteiger partial charge in [-0.15, -0.1) is 0 Å². The van der Waals surface area contributed by atoms with E-state index in [1.54, 1.807) is 19.3 Å². The van der Waals surface area contributed by atoms with Crippen LogP contribution in [-0.4, -0.2) is 23.9 Å². The molecule has 1 heterocycles. The van der Waals surface area contributed by atoms with Gasteiger partial charge in [0.15, 0.2) is 0 Å². The Labute approximate surface area is 129 Å². The number of nitrogens with zero attached hydrogens (tertiary/aromatic N) is 1. The van der Waals surface area contributed by atoms with Gasteiger partial charge >= 0.3 is 5.97 Å². The molecular weight excluding hydrogens is 280 g/mol. The zero-order chi connectivity index (χ0) is 16.1. The lowest BCUT2D eigenvalue weighted by atomic mass is 9.99. The van der Waals surface area contributed by atoms with Crippen molar-refractivity contribution in [2.75, 3.05) is 7.05 Å². The first-order valence-electron chi connectivity index (χ1n) is 6.92. The Bertz CT molecular complexity index is 711. The Kier molecular flexibility index (Phi) is 4.88. The highest BCUT2D eigenvalue weighted by Crippen LogP contribution is 2.23. The van der Waals surface area contributed by atoms with Gasteiger partial charge in [-0.3, -0.25) is 14.6 Å². The first-order chi connectivity index (χ1) is 10.5. The van der Waals surface area contributed by atoms with Gasteiger partial charge in [0, 0.05) is 25.7 Å². The summed E-state index contributed by atoms with van der Waals surface area (Å²) in [7, 11) is 1.61. The zero-order valence-electron chi connectivity index (χ0n) is 12.8.